The first kappa shape index (κ1) is 39.7. The SMILES string of the molecule is C1=C\CC/C=C\CC/1.F[B-](F)(F)F.O=P(c1ccccc1)(c1ccccc1)C1CCCCC1P(=O)(c1ccccc1)c1ccccc1.[Rh]. The van der Waals surface area contributed by atoms with Gasteiger partial charge in [0.05, 0.1) is 0 Å². The first-order valence-electron chi connectivity index (χ1n) is 16.2. The summed E-state index contributed by atoms with van der Waals surface area (Å²) in [5.41, 5.74) is -0.366. The van der Waals surface area contributed by atoms with E-state index in [1.54, 1.807) is 0 Å². The molecule has 257 valence electrons. The molecule has 4 aromatic carbocycles. The van der Waals surface area contributed by atoms with E-state index >= 15 is 9.13 Å². The molecule has 10 heteroatoms. The first-order chi connectivity index (χ1) is 22.6. The van der Waals surface area contributed by atoms with Crippen molar-refractivity contribution in [3.63, 3.8) is 0 Å². The molecule has 1 radical (unpaired) electrons. The molecule has 2 unspecified atom stereocenters. The average molecular weight is 782 g/mol. The fraction of sp³-hybridized carbons (Fsp3) is 0.263. The van der Waals surface area contributed by atoms with Gasteiger partial charge in [-0.2, -0.15) is 0 Å². The van der Waals surface area contributed by atoms with E-state index in [9.17, 15) is 17.3 Å². The van der Waals surface area contributed by atoms with E-state index in [4.69, 9.17) is 0 Å². The summed E-state index contributed by atoms with van der Waals surface area (Å²) >= 11 is 0. The van der Waals surface area contributed by atoms with Crippen LogP contribution >= 0.6 is 14.3 Å². The summed E-state index contributed by atoms with van der Waals surface area (Å²) in [5.74, 6) is 0. The molecular weight excluding hydrogens is 740 g/mol. The molecule has 2 nitrogen and oxygen atoms in total. The molecule has 0 heterocycles. The molecule has 0 bridgehead atoms. The van der Waals surface area contributed by atoms with Crippen LogP contribution in [0.2, 0.25) is 0 Å². The second-order valence-corrected chi connectivity index (χ2v) is 17.7. The molecule has 2 aliphatic carbocycles. The van der Waals surface area contributed by atoms with Crippen LogP contribution < -0.4 is 21.2 Å². The van der Waals surface area contributed by atoms with E-state index in [0.29, 0.717) is 0 Å². The molecule has 2 atom stereocenters. The predicted octanol–water partition coefficient (Wildman–Crippen LogP) is 10.3. The number of hydrogen-bond donors (Lipinski definition) is 0. The van der Waals surface area contributed by atoms with Crippen molar-refractivity contribution in [2.45, 2.75) is 62.7 Å². The molecule has 4 aromatic rings. The van der Waals surface area contributed by atoms with Crippen LogP contribution in [0, 0.1) is 0 Å². The van der Waals surface area contributed by atoms with Gasteiger partial charge in [0.1, 0.15) is 14.3 Å². The van der Waals surface area contributed by atoms with Crippen molar-refractivity contribution in [3.05, 3.63) is 146 Å². The molecule has 48 heavy (non-hydrogen) atoms. The Bertz CT molecular complexity index is 1430. The Morgan fingerprint density at radius 1 is 0.438 bits per heavy atom. The molecule has 0 N–H and O–H groups in total. The van der Waals surface area contributed by atoms with Gasteiger partial charge in [0, 0.05) is 52.0 Å². The Balaban J connectivity index is 0.000000376. The Morgan fingerprint density at radius 3 is 0.854 bits per heavy atom. The Labute approximate surface area is 295 Å². The maximum Gasteiger partial charge on any atom is 0.673 e. The zero-order chi connectivity index (χ0) is 33.6. The fourth-order valence-corrected chi connectivity index (χ4v) is 14.5. The minimum Gasteiger partial charge on any atom is -0.418 e. The van der Waals surface area contributed by atoms with Gasteiger partial charge in [0.2, 0.25) is 0 Å². The van der Waals surface area contributed by atoms with Gasteiger partial charge in [-0.3, -0.25) is 0 Å². The molecule has 0 spiro atoms. The van der Waals surface area contributed by atoms with Gasteiger partial charge in [0.25, 0.3) is 0 Å². The van der Waals surface area contributed by atoms with E-state index in [2.05, 4.69) is 24.3 Å². The normalized spacial score (nSPS) is 19.3. The van der Waals surface area contributed by atoms with Gasteiger partial charge in [-0.15, -0.1) is 0 Å². The van der Waals surface area contributed by atoms with Crippen LogP contribution in [0.3, 0.4) is 0 Å². The predicted molar refractivity (Wildman–Crippen MR) is 192 cm³/mol. The topological polar surface area (TPSA) is 34.1 Å². The maximum atomic E-state index is 15.4. The third kappa shape index (κ3) is 10.9. The molecular formula is C38H42BF4O2P2Rh-. The molecule has 6 rings (SSSR count). The number of hydrogen-bond acceptors (Lipinski definition) is 2. The van der Waals surface area contributed by atoms with E-state index in [1.165, 1.54) is 25.7 Å². The van der Waals surface area contributed by atoms with Crippen LogP contribution in [-0.4, -0.2) is 18.6 Å². The molecule has 2 aliphatic rings. The standard InChI is InChI=1S/C30H30O2P2.C8H12.BF4.Rh/c31-33(25-15-5-1-6-16-25,26-17-7-2-8-18-26)29-23-13-14-24-30(29)34(32,27-19-9-3-10-20-27)28-21-11-4-12-22-28;1-2-4-6-8-7-5-3-1;2-1(3,4)5;/h1-12,15-22,29-30H,13-14,23-24H2;1-2,7-8H,3-6H2;;/q;;-1;/b;2-1-,8-7-;;. The Kier molecular flexibility index (Phi) is 16.1. The van der Waals surface area contributed by atoms with E-state index in [0.717, 1.165) is 46.9 Å². The van der Waals surface area contributed by atoms with Crippen LogP contribution in [0.15, 0.2) is 146 Å². The number of halogens is 4. The third-order valence-corrected chi connectivity index (χ3v) is 16.1. The summed E-state index contributed by atoms with van der Waals surface area (Å²) in [5, 5.41) is 3.47. The summed E-state index contributed by atoms with van der Waals surface area (Å²) < 4.78 is 69.7. The Morgan fingerprint density at radius 2 is 0.646 bits per heavy atom. The maximum absolute atomic E-state index is 15.4. The van der Waals surface area contributed by atoms with Crippen LogP contribution in [0.5, 0.6) is 0 Å². The van der Waals surface area contributed by atoms with E-state index < -0.39 is 21.5 Å². The van der Waals surface area contributed by atoms with Gasteiger partial charge in [-0.25, -0.2) is 0 Å². The molecule has 0 amide bonds. The average Bonchev–Trinajstić information content (AvgIpc) is 3.08. The Hall–Kier alpha value is -2.77. The second-order valence-electron chi connectivity index (χ2n) is 11.7. The summed E-state index contributed by atoms with van der Waals surface area (Å²) in [6.07, 6.45) is 17.6. The smallest absolute Gasteiger partial charge is 0.418 e. The van der Waals surface area contributed by atoms with Crippen molar-refractivity contribution >= 4 is 42.8 Å². The van der Waals surface area contributed by atoms with Gasteiger partial charge < -0.3 is 26.4 Å². The van der Waals surface area contributed by atoms with Gasteiger partial charge in [-0.1, -0.05) is 158 Å². The minimum absolute atomic E-state index is 0. The van der Waals surface area contributed by atoms with Crippen molar-refractivity contribution in [3.8, 4) is 0 Å². The zero-order valence-corrected chi connectivity index (χ0v) is 30.2. The largest absolute Gasteiger partial charge is 0.673 e. The summed E-state index contributed by atoms with van der Waals surface area (Å²) in [6, 6.07) is 39.6. The molecule has 0 aromatic heterocycles. The van der Waals surface area contributed by atoms with Gasteiger partial charge >= 0.3 is 7.25 Å². The molecule has 1 saturated carbocycles. The van der Waals surface area contributed by atoms with Gasteiger partial charge in [0.15, 0.2) is 0 Å². The quantitative estimate of drug-likeness (QED) is 0.0845. The number of benzene rings is 4. The van der Waals surface area contributed by atoms with Crippen molar-refractivity contribution < 1.29 is 45.9 Å². The number of allylic oxidation sites excluding steroid dienone is 4. The van der Waals surface area contributed by atoms with E-state index in [1.807, 2.05) is 121 Å². The van der Waals surface area contributed by atoms with Crippen LogP contribution in [0.25, 0.3) is 0 Å². The van der Waals surface area contributed by atoms with Crippen LogP contribution in [-0.2, 0) is 28.6 Å². The van der Waals surface area contributed by atoms with Crippen LogP contribution in [0.1, 0.15) is 51.4 Å². The fourth-order valence-electron chi connectivity index (χ4n) is 6.46. The third-order valence-electron chi connectivity index (χ3n) is 8.52. The summed E-state index contributed by atoms with van der Waals surface area (Å²) in [6.45, 7) is 0. The zero-order valence-electron chi connectivity index (χ0n) is 26.8. The minimum atomic E-state index is -6.00. The number of rotatable bonds is 6. The summed E-state index contributed by atoms with van der Waals surface area (Å²) in [7, 11) is -12.1. The monoisotopic (exact) mass is 782 g/mol. The molecule has 0 aliphatic heterocycles. The first-order valence-corrected chi connectivity index (χ1v) is 19.8. The van der Waals surface area contributed by atoms with Crippen molar-refractivity contribution in [1.82, 2.24) is 0 Å². The van der Waals surface area contributed by atoms with E-state index in [-0.39, 0.29) is 30.8 Å². The van der Waals surface area contributed by atoms with Crippen molar-refractivity contribution in [2.75, 3.05) is 0 Å². The second kappa shape index (κ2) is 19.4. The molecule has 1 fully saturated rings. The van der Waals surface area contributed by atoms with Crippen LogP contribution in [0.4, 0.5) is 17.3 Å². The van der Waals surface area contributed by atoms with Crippen molar-refractivity contribution in [2.24, 2.45) is 0 Å². The molecule has 0 saturated heterocycles. The van der Waals surface area contributed by atoms with Crippen molar-refractivity contribution in [1.29, 1.82) is 0 Å². The summed E-state index contributed by atoms with van der Waals surface area (Å²) in [4.78, 5) is 0. The van der Waals surface area contributed by atoms with Gasteiger partial charge in [-0.05, 0) is 38.5 Å².